The molecule has 1 saturated heterocycles. The Hall–Kier alpha value is -4.28. The van der Waals surface area contributed by atoms with Gasteiger partial charge in [0.25, 0.3) is 5.56 Å². The zero-order chi connectivity index (χ0) is 32.9. The number of benzene rings is 2. The average Bonchev–Trinajstić information content (AvgIpc) is 3.41. The lowest BCUT2D eigenvalue weighted by Crippen LogP contribution is -2.28. The molecule has 1 aromatic heterocycles. The minimum absolute atomic E-state index is 0.0149. The number of carbonyl (C=O) groups excluding carboxylic acids is 2. The first-order valence-corrected chi connectivity index (χ1v) is 14.4. The van der Waals surface area contributed by atoms with E-state index in [0.717, 1.165) is 6.07 Å². The van der Waals surface area contributed by atoms with Gasteiger partial charge in [0.1, 0.15) is 12.4 Å². The summed E-state index contributed by atoms with van der Waals surface area (Å²) in [7, 11) is 1.61. The number of H-pyrrole nitrogens is 1. The van der Waals surface area contributed by atoms with E-state index in [-0.39, 0.29) is 35.6 Å². The number of fused-ring (bicyclic) bond motifs is 1. The standard InChI is InChI=1S/C31H35F3N4O8/c1-42-12-13-44-15-14-43-10-8-35-9-11-45-20-28(39)36-18-23-19-38(30(41)46-23)22-7-6-21-16-27(37-29(40)25(21)17-22)24-4-2-3-5-26(24)31(32,33)34/h2-7,16-18,35H,8-15,19-20H2,1H3,(H,36,39)(H,37,40)/b23-18-. The van der Waals surface area contributed by atoms with E-state index in [1.54, 1.807) is 13.2 Å². The molecule has 0 atom stereocenters. The molecular formula is C31H35F3N4O8. The molecule has 1 fully saturated rings. The molecule has 2 aromatic carbocycles. The first kappa shape index (κ1) is 34.6. The molecule has 0 saturated carbocycles. The van der Waals surface area contributed by atoms with E-state index < -0.39 is 29.3 Å². The summed E-state index contributed by atoms with van der Waals surface area (Å²) in [6, 6.07) is 11.0. The van der Waals surface area contributed by atoms with E-state index in [9.17, 15) is 27.6 Å². The van der Waals surface area contributed by atoms with Crippen molar-refractivity contribution < 1.29 is 46.4 Å². The number of cyclic esters (lactones) is 1. The number of ether oxygens (including phenoxy) is 5. The van der Waals surface area contributed by atoms with Crippen LogP contribution in [0.25, 0.3) is 22.0 Å². The number of amides is 2. The lowest BCUT2D eigenvalue weighted by Gasteiger charge is -2.15. The summed E-state index contributed by atoms with van der Waals surface area (Å²) in [6.07, 6.45) is -4.07. The fourth-order valence-corrected chi connectivity index (χ4v) is 4.46. The van der Waals surface area contributed by atoms with Gasteiger partial charge in [-0.2, -0.15) is 13.2 Å². The van der Waals surface area contributed by atoms with Crippen molar-refractivity contribution in [2.75, 3.05) is 77.9 Å². The van der Waals surface area contributed by atoms with Gasteiger partial charge in [-0.15, -0.1) is 0 Å². The third kappa shape index (κ3) is 9.86. The number of alkyl halides is 3. The monoisotopic (exact) mass is 648 g/mol. The number of anilines is 1. The number of aromatic amines is 1. The van der Waals surface area contributed by atoms with E-state index in [1.807, 2.05) is 0 Å². The normalized spacial score (nSPS) is 14.3. The number of hydrogen-bond donors (Lipinski definition) is 3. The summed E-state index contributed by atoms with van der Waals surface area (Å²) < 4.78 is 66.7. The van der Waals surface area contributed by atoms with Crippen LogP contribution in [0.4, 0.5) is 23.7 Å². The number of rotatable bonds is 17. The number of methoxy groups -OCH3 is 1. The Morgan fingerprint density at radius 3 is 2.46 bits per heavy atom. The van der Waals surface area contributed by atoms with Crippen molar-refractivity contribution in [3.63, 3.8) is 0 Å². The van der Waals surface area contributed by atoms with Crippen LogP contribution in [0, 0.1) is 0 Å². The van der Waals surface area contributed by atoms with Gasteiger partial charge in [0.15, 0.2) is 0 Å². The van der Waals surface area contributed by atoms with E-state index in [1.165, 1.54) is 47.5 Å². The van der Waals surface area contributed by atoms with Gasteiger partial charge < -0.3 is 39.3 Å². The van der Waals surface area contributed by atoms with Crippen molar-refractivity contribution in [3.05, 3.63) is 76.4 Å². The Balaban J connectivity index is 1.23. The Kier molecular flexibility index (Phi) is 12.7. The first-order valence-electron chi connectivity index (χ1n) is 14.4. The first-order chi connectivity index (χ1) is 22.2. The lowest BCUT2D eigenvalue weighted by molar-refractivity contribution is -0.137. The van der Waals surface area contributed by atoms with Crippen molar-refractivity contribution in [1.82, 2.24) is 15.6 Å². The zero-order valence-corrected chi connectivity index (χ0v) is 25.1. The summed E-state index contributed by atoms with van der Waals surface area (Å²) in [4.78, 5) is 41.3. The molecule has 0 aliphatic carbocycles. The highest BCUT2D eigenvalue weighted by Gasteiger charge is 2.34. The zero-order valence-electron chi connectivity index (χ0n) is 25.1. The average molecular weight is 649 g/mol. The van der Waals surface area contributed by atoms with Gasteiger partial charge in [0.2, 0.25) is 5.91 Å². The second kappa shape index (κ2) is 16.9. The van der Waals surface area contributed by atoms with Crippen molar-refractivity contribution in [2.45, 2.75) is 6.18 Å². The fraction of sp³-hybridized carbons (Fsp3) is 0.387. The van der Waals surface area contributed by atoms with Crippen molar-refractivity contribution in [2.24, 2.45) is 0 Å². The number of aromatic nitrogens is 1. The van der Waals surface area contributed by atoms with Crippen LogP contribution >= 0.6 is 0 Å². The quantitative estimate of drug-likeness (QED) is 0.188. The summed E-state index contributed by atoms with van der Waals surface area (Å²) >= 11 is 0. The number of nitrogens with one attached hydrogen (secondary N) is 3. The maximum Gasteiger partial charge on any atom is 0.419 e. The van der Waals surface area contributed by atoms with Gasteiger partial charge >= 0.3 is 12.3 Å². The lowest BCUT2D eigenvalue weighted by atomic mass is 10.0. The molecule has 3 N–H and O–H groups in total. The highest BCUT2D eigenvalue weighted by molar-refractivity contribution is 5.95. The number of nitrogens with zero attached hydrogens (tertiary/aromatic N) is 1. The minimum Gasteiger partial charge on any atom is -0.411 e. The second-order valence-corrected chi connectivity index (χ2v) is 9.98. The fourth-order valence-electron chi connectivity index (χ4n) is 4.46. The number of pyridine rings is 1. The predicted octanol–water partition coefficient (Wildman–Crippen LogP) is 3.41. The van der Waals surface area contributed by atoms with Crippen LogP contribution in [0.2, 0.25) is 0 Å². The summed E-state index contributed by atoms with van der Waals surface area (Å²) in [6.45, 7) is 3.76. The Morgan fingerprint density at radius 2 is 1.70 bits per heavy atom. The van der Waals surface area contributed by atoms with Gasteiger partial charge in [-0.25, -0.2) is 4.79 Å². The molecule has 15 heteroatoms. The van der Waals surface area contributed by atoms with Crippen LogP contribution < -0.4 is 21.1 Å². The predicted molar refractivity (Wildman–Crippen MR) is 162 cm³/mol. The van der Waals surface area contributed by atoms with Gasteiger partial charge in [0, 0.05) is 48.7 Å². The molecule has 3 aromatic rings. The van der Waals surface area contributed by atoms with Crippen molar-refractivity contribution in [1.29, 1.82) is 0 Å². The molecule has 4 rings (SSSR count). The third-order valence-corrected chi connectivity index (χ3v) is 6.69. The SMILES string of the molecule is COCCOCCOCCNCCOCC(=O)N/C=C1/CN(c2ccc3cc(-c4ccccc4C(F)(F)F)[nH]c(=O)c3c2)C(=O)O1. The van der Waals surface area contributed by atoms with Crippen LogP contribution in [0.1, 0.15) is 5.56 Å². The molecule has 0 unspecified atom stereocenters. The maximum atomic E-state index is 13.5. The molecule has 46 heavy (non-hydrogen) atoms. The van der Waals surface area contributed by atoms with E-state index in [2.05, 4.69) is 15.6 Å². The molecule has 12 nitrogen and oxygen atoms in total. The van der Waals surface area contributed by atoms with Gasteiger partial charge in [0.05, 0.1) is 51.7 Å². The molecule has 0 bridgehead atoms. The summed E-state index contributed by atoms with van der Waals surface area (Å²) in [5.41, 5.74) is -1.30. The molecule has 2 amide bonds. The summed E-state index contributed by atoms with van der Waals surface area (Å²) in [5.74, 6) is -0.281. The van der Waals surface area contributed by atoms with Crippen molar-refractivity contribution in [3.8, 4) is 11.3 Å². The van der Waals surface area contributed by atoms with Gasteiger partial charge in [-0.3, -0.25) is 14.5 Å². The van der Waals surface area contributed by atoms with E-state index >= 15 is 0 Å². The Bertz CT molecular complexity index is 1580. The minimum atomic E-state index is -4.60. The highest BCUT2D eigenvalue weighted by atomic mass is 19.4. The van der Waals surface area contributed by atoms with Crippen LogP contribution in [0.15, 0.2) is 65.3 Å². The summed E-state index contributed by atoms with van der Waals surface area (Å²) in [5, 5.41) is 6.20. The molecule has 2 heterocycles. The number of carbonyl (C=O) groups is 2. The molecule has 0 spiro atoms. The molecule has 248 valence electrons. The van der Waals surface area contributed by atoms with E-state index in [4.69, 9.17) is 23.7 Å². The molecule has 0 radical (unpaired) electrons. The number of hydrogen-bond acceptors (Lipinski definition) is 9. The number of halogens is 3. The topological polar surface area (TPSA) is 140 Å². The molecule has 1 aliphatic rings. The van der Waals surface area contributed by atoms with Gasteiger partial charge in [-0.1, -0.05) is 24.3 Å². The smallest absolute Gasteiger partial charge is 0.411 e. The van der Waals surface area contributed by atoms with Crippen LogP contribution in [-0.2, 0) is 34.7 Å². The Labute approximate surface area is 262 Å². The largest absolute Gasteiger partial charge is 0.419 e. The third-order valence-electron chi connectivity index (χ3n) is 6.69. The van der Waals surface area contributed by atoms with Crippen LogP contribution in [0.3, 0.4) is 0 Å². The maximum absolute atomic E-state index is 13.5. The highest BCUT2D eigenvalue weighted by Crippen LogP contribution is 2.36. The molecule has 1 aliphatic heterocycles. The van der Waals surface area contributed by atoms with Crippen molar-refractivity contribution >= 4 is 28.5 Å². The molecular weight excluding hydrogens is 613 g/mol. The Morgan fingerprint density at radius 1 is 0.978 bits per heavy atom. The second-order valence-electron chi connectivity index (χ2n) is 9.98. The van der Waals surface area contributed by atoms with Crippen LogP contribution in [0.5, 0.6) is 0 Å². The van der Waals surface area contributed by atoms with Crippen LogP contribution in [-0.4, -0.2) is 90.0 Å². The van der Waals surface area contributed by atoms with E-state index in [0.29, 0.717) is 63.8 Å². The van der Waals surface area contributed by atoms with Gasteiger partial charge in [-0.05, 0) is 29.7 Å².